The number of carbonyl (C=O) groups is 1. The van der Waals surface area contributed by atoms with Gasteiger partial charge >= 0.3 is 16.5 Å². The molecule has 0 radical (unpaired) electrons. The van der Waals surface area contributed by atoms with Gasteiger partial charge in [0.05, 0.1) is 23.4 Å². The first-order chi connectivity index (χ1) is 19.0. The predicted molar refractivity (Wildman–Crippen MR) is 151 cm³/mol. The molecule has 4 rings (SSSR count). The van der Waals surface area contributed by atoms with E-state index in [9.17, 15) is 20.1 Å². The molecule has 7 nitrogen and oxygen atoms in total. The number of benzene rings is 3. The topological polar surface area (TPSA) is 111 Å². The van der Waals surface area contributed by atoms with Crippen LogP contribution in [0.1, 0.15) is 48.3 Å². The zero-order valence-corrected chi connectivity index (χ0v) is 23.8. The van der Waals surface area contributed by atoms with Crippen molar-refractivity contribution in [1.29, 1.82) is 0 Å². The molecule has 1 aliphatic heterocycles. The van der Waals surface area contributed by atoms with E-state index in [4.69, 9.17) is 16.6 Å². The Kier molecular flexibility index (Phi) is 12.3. The van der Waals surface area contributed by atoms with Crippen molar-refractivity contribution < 1.29 is 36.6 Å². The van der Waals surface area contributed by atoms with E-state index in [-0.39, 0.29) is 42.0 Å². The number of nitrogens with zero attached hydrogens (tertiary/aromatic N) is 3. The summed E-state index contributed by atoms with van der Waals surface area (Å²) in [6.07, 6.45) is 3.48. The van der Waals surface area contributed by atoms with Crippen molar-refractivity contribution in [2.75, 3.05) is 26.2 Å². The predicted octanol–water partition coefficient (Wildman–Crippen LogP) is 3.34. The summed E-state index contributed by atoms with van der Waals surface area (Å²) in [5.74, 6) is -2.29. The summed E-state index contributed by atoms with van der Waals surface area (Å²) in [6.45, 7) is 1.76. The van der Waals surface area contributed by atoms with Crippen molar-refractivity contribution in [3.05, 3.63) is 101 Å². The summed E-state index contributed by atoms with van der Waals surface area (Å²) in [5.41, 5.74) is 2.69. The molecule has 1 saturated heterocycles. The molecule has 3 aromatic carbocycles. The Balaban J connectivity index is 0.00000441. The number of hydrogen-bond acceptors (Lipinski definition) is 7. The minimum atomic E-state index is -1.37. The van der Waals surface area contributed by atoms with Gasteiger partial charge in [-0.15, -0.1) is 0 Å². The van der Waals surface area contributed by atoms with Gasteiger partial charge in [0, 0.05) is 35.2 Å². The molecule has 1 N–H and O–H groups in total. The van der Waals surface area contributed by atoms with Gasteiger partial charge in [0.2, 0.25) is 0 Å². The fourth-order valence-electron chi connectivity index (χ4n) is 4.95. The molecule has 0 aliphatic carbocycles. The maximum Gasteiger partial charge on any atom is 2.00 e. The van der Waals surface area contributed by atoms with E-state index >= 15 is 0 Å². The third-order valence-corrected chi connectivity index (χ3v) is 7.14. The monoisotopic (exact) mass is 603 g/mol. The third kappa shape index (κ3) is 8.49. The number of carboxylic acids is 1. The molecule has 0 spiro atoms. The van der Waals surface area contributed by atoms with Gasteiger partial charge in [0.15, 0.2) is 0 Å². The van der Waals surface area contributed by atoms with Crippen LogP contribution in [0.2, 0.25) is 5.02 Å². The maximum atomic E-state index is 12.9. The van der Waals surface area contributed by atoms with Crippen LogP contribution in [-0.4, -0.2) is 59.9 Å². The Hall–Kier alpha value is -3.03. The first-order valence-electron chi connectivity index (χ1n) is 13.2. The minimum absolute atomic E-state index is 0. The molecule has 40 heavy (non-hydrogen) atoms. The molecule has 1 heterocycles. The van der Waals surface area contributed by atoms with Gasteiger partial charge in [-0.25, -0.2) is 0 Å². The number of aliphatic imine (C=N–C) groups is 2. The first kappa shape index (κ1) is 31.5. The normalized spacial score (nSPS) is 16.1. The number of likely N-dealkylation sites (tertiary alicyclic amines) is 1. The number of carboxylic acid groups (broad SMARTS) is 1. The van der Waals surface area contributed by atoms with Crippen molar-refractivity contribution >= 4 is 34.9 Å². The summed E-state index contributed by atoms with van der Waals surface area (Å²) < 4.78 is 0. The Bertz CT molecular complexity index is 1300. The zero-order valence-electron chi connectivity index (χ0n) is 22.0. The van der Waals surface area contributed by atoms with Gasteiger partial charge in [-0.05, 0) is 62.0 Å². The van der Waals surface area contributed by atoms with E-state index in [0.29, 0.717) is 33.1 Å². The van der Waals surface area contributed by atoms with Crippen molar-refractivity contribution in [2.24, 2.45) is 9.98 Å². The second-order valence-electron chi connectivity index (χ2n) is 9.64. The molecule has 0 amide bonds. The Morgan fingerprint density at radius 3 is 2.23 bits per heavy atom. The zero-order chi connectivity index (χ0) is 27.6. The van der Waals surface area contributed by atoms with Crippen molar-refractivity contribution in [3.8, 4) is 0 Å². The van der Waals surface area contributed by atoms with Crippen LogP contribution in [0.3, 0.4) is 0 Å². The number of carbonyl (C=O) groups excluding carboxylic acids is 1. The smallest absolute Gasteiger partial charge is 0.861 e. The van der Waals surface area contributed by atoms with Gasteiger partial charge < -0.3 is 20.1 Å². The van der Waals surface area contributed by atoms with Crippen LogP contribution < -0.4 is 10.2 Å². The number of para-hydroxylation sites is 1. The Labute approximate surface area is 250 Å². The number of piperidine rings is 1. The molecule has 1 aliphatic rings. The molecule has 0 saturated carbocycles. The first-order valence-corrected chi connectivity index (χ1v) is 13.6. The number of halogens is 1. The van der Waals surface area contributed by atoms with Gasteiger partial charge in [0.1, 0.15) is 0 Å². The summed E-state index contributed by atoms with van der Waals surface area (Å²) >= 11 is 6.05. The van der Waals surface area contributed by atoms with Gasteiger partial charge in [-0.3, -0.25) is 14.9 Å². The van der Waals surface area contributed by atoms with Crippen molar-refractivity contribution in [3.63, 3.8) is 0 Å². The molecule has 3 aromatic rings. The fourth-order valence-corrected chi connectivity index (χ4v) is 5.07. The van der Waals surface area contributed by atoms with Crippen LogP contribution in [0, 0.1) is 0 Å². The molecular weight excluding hydrogens is 573 g/mol. The van der Waals surface area contributed by atoms with Crippen LogP contribution in [0.4, 0.5) is 5.69 Å². The number of aliphatic hydroxyl groups excluding tert-OH is 1. The van der Waals surface area contributed by atoms with E-state index in [0.717, 1.165) is 25.9 Å². The minimum Gasteiger partial charge on any atom is -0.861 e. The summed E-state index contributed by atoms with van der Waals surface area (Å²) in [4.78, 5) is 23.8. The number of aliphatic carboxylic acids is 1. The molecule has 0 unspecified atom stereocenters. The van der Waals surface area contributed by atoms with E-state index < -0.39 is 17.9 Å². The fraction of sp³-hybridized carbons (Fsp3) is 0.323. The van der Waals surface area contributed by atoms with Gasteiger partial charge in [-0.1, -0.05) is 78.7 Å². The molecule has 212 valence electrons. The van der Waals surface area contributed by atoms with E-state index in [2.05, 4.69) is 9.89 Å². The molecule has 0 aromatic heterocycles. The van der Waals surface area contributed by atoms with Crippen molar-refractivity contribution in [1.82, 2.24) is 4.90 Å². The van der Waals surface area contributed by atoms with Crippen LogP contribution >= 0.6 is 11.6 Å². The second kappa shape index (κ2) is 15.7. The van der Waals surface area contributed by atoms with Crippen LogP contribution in [0.5, 0.6) is 0 Å². The van der Waals surface area contributed by atoms with E-state index in [1.807, 2.05) is 30.3 Å². The van der Waals surface area contributed by atoms with Gasteiger partial charge in [-0.2, -0.15) is 0 Å². The van der Waals surface area contributed by atoms with Crippen LogP contribution in [-0.2, 0) is 21.3 Å². The molecule has 1 fully saturated rings. The van der Waals surface area contributed by atoms with Gasteiger partial charge in [0.25, 0.3) is 0 Å². The standard InChI is InChI=1S/C31H34ClN3O4.Ni/c32-24-15-13-22(14-16-24)25(17-20-36)30(31(38)39)34-29(23-9-3-1-4-10-23)26-11-5-6-12-27(26)33-28(37)21-35-18-7-2-8-19-35;/h1,3-6,9-16,25,30,36H,2,7-8,17-21H2,(H,33,37)(H,38,39);/q;+2/p-2/t25-,30+;/m0./s1. The number of hydrogen-bond donors (Lipinski definition) is 1. The van der Waals surface area contributed by atoms with Crippen LogP contribution in [0.15, 0.2) is 88.8 Å². The molecule has 9 heteroatoms. The Morgan fingerprint density at radius 1 is 0.925 bits per heavy atom. The molecule has 2 atom stereocenters. The summed E-state index contributed by atoms with van der Waals surface area (Å²) in [6, 6.07) is 21.8. The number of aliphatic hydroxyl groups is 1. The average molecular weight is 605 g/mol. The largest absolute Gasteiger partial charge is 2.00 e. The average Bonchev–Trinajstić information content (AvgIpc) is 2.95. The molecule has 0 bridgehead atoms. The van der Waals surface area contributed by atoms with E-state index in [1.54, 1.807) is 48.5 Å². The SMILES string of the molecule is O=C([O-])[C@H](N=C(c1ccccc1)c1ccccc1N=C([O-])CN1CCCCC1)[C@@H](CCO)c1ccc(Cl)cc1.[Ni+2]. The van der Waals surface area contributed by atoms with Crippen LogP contribution in [0.25, 0.3) is 0 Å². The summed E-state index contributed by atoms with van der Waals surface area (Å²) in [7, 11) is 0. The quantitative estimate of drug-likeness (QED) is 0.205. The number of rotatable bonds is 11. The Morgan fingerprint density at radius 2 is 1.57 bits per heavy atom. The van der Waals surface area contributed by atoms with E-state index in [1.165, 1.54) is 6.42 Å². The molecular formula is C31H32ClN3NiO4. The second-order valence-corrected chi connectivity index (χ2v) is 10.1. The maximum absolute atomic E-state index is 12.9. The van der Waals surface area contributed by atoms with Crippen molar-refractivity contribution in [2.45, 2.75) is 37.6 Å². The third-order valence-electron chi connectivity index (χ3n) is 6.89. The summed E-state index contributed by atoms with van der Waals surface area (Å²) in [5, 5.41) is 35.8.